The number of amides is 1. The fraction of sp³-hybridized carbons (Fsp3) is 0.727. The molecule has 0 aromatic carbocycles. The molecule has 1 fully saturated rings. The van der Waals surface area contributed by atoms with E-state index in [4.69, 9.17) is 0 Å². The molecule has 1 aromatic heterocycles. The Bertz CT molecular complexity index is 402. The molecule has 2 unspecified atom stereocenters. The zero-order valence-electron chi connectivity index (χ0n) is 10.8. The van der Waals surface area contributed by atoms with Crippen LogP contribution in [-0.4, -0.2) is 45.6 Å². The van der Waals surface area contributed by atoms with E-state index in [1.54, 1.807) is 0 Å². The summed E-state index contributed by atoms with van der Waals surface area (Å²) in [5, 5.41) is 7.41. The van der Waals surface area contributed by atoms with Crippen LogP contribution in [0.5, 0.6) is 0 Å². The molecule has 1 aliphatic rings. The molecule has 0 aliphatic carbocycles. The van der Waals surface area contributed by atoms with Gasteiger partial charge in [-0.25, -0.2) is 0 Å². The van der Waals surface area contributed by atoms with Crippen LogP contribution in [0.1, 0.15) is 36.1 Å². The lowest BCUT2D eigenvalue weighted by molar-refractivity contribution is 0.0677. The Morgan fingerprint density at radius 1 is 1.44 bits per heavy atom. The Kier molecular flexibility index (Phi) is 5.49. The lowest BCUT2D eigenvalue weighted by Crippen LogP contribution is -2.55. The van der Waals surface area contributed by atoms with Crippen molar-refractivity contribution in [1.82, 2.24) is 19.8 Å². The minimum Gasteiger partial charge on any atom is -0.335 e. The van der Waals surface area contributed by atoms with Gasteiger partial charge < -0.3 is 10.2 Å². The lowest BCUT2D eigenvalue weighted by Gasteiger charge is -2.35. The van der Waals surface area contributed by atoms with E-state index in [0.717, 1.165) is 25.2 Å². The number of aryl methyl sites for hydroxylation is 1. The first-order chi connectivity index (χ1) is 8.11. The summed E-state index contributed by atoms with van der Waals surface area (Å²) in [5.74, 6) is 0.0806. The van der Waals surface area contributed by atoms with Crippen LogP contribution in [-0.2, 0) is 6.42 Å². The molecular weight excluding hydrogens is 272 g/mol. The number of carbonyl (C=O) groups is 1. The van der Waals surface area contributed by atoms with Crippen molar-refractivity contribution in [2.75, 3.05) is 13.1 Å². The number of aromatic nitrogens is 2. The predicted molar refractivity (Wildman–Crippen MR) is 74.5 cm³/mol. The first-order valence-electron chi connectivity index (χ1n) is 5.98. The van der Waals surface area contributed by atoms with E-state index in [1.165, 1.54) is 11.5 Å². The fourth-order valence-electron chi connectivity index (χ4n) is 2.24. The molecule has 1 aliphatic heterocycles. The topological polar surface area (TPSA) is 58.1 Å². The average molecular weight is 291 g/mol. The van der Waals surface area contributed by atoms with E-state index in [9.17, 15) is 4.79 Å². The Labute approximate surface area is 118 Å². The average Bonchev–Trinajstić information content (AvgIpc) is 2.74. The van der Waals surface area contributed by atoms with Crippen LogP contribution in [0.25, 0.3) is 0 Å². The van der Waals surface area contributed by atoms with E-state index >= 15 is 0 Å². The molecule has 0 spiro atoms. The van der Waals surface area contributed by atoms with Gasteiger partial charge >= 0.3 is 0 Å². The fourth-order valence-corrected chi connectivity index (χ4v) is 2.96. The largest absolute Gasteiger partial charge is 0.335 e. The molecule has 2 rings (SSSR count). The van der Waals surface area contributed by atoms with Crippen molar-refractivity contribution in [2.24, 2.45) is 0 Å². The summed E-state index contributed by atoms with van der Waals surface area (Å²) >= 11 is 1.21. The summed E-state index contributed by atoms with van der Waals surface area (Å²) in [6, 6.07) is 0.683. The Hall–Kier alpha value is -0.720. The maximum Gasteiger partial charge on any atom is 0.267 e. The molecule has 0 bridgehead atoms. The predicted octanol–water partition coefficient (Wildman–Crippen LogP) is 1.34. The summed E-state index contributed by atoms with van der Waals surface area (Å²) in [4.78, 5) is 15.0. The van der Waals surface area contributed by atoms with Crippen LogP contribution in [0.4, 0.5) is 0 Å². The zero-order valence-corrected chi connectivity index (χ0v) is 12.5. The van der Waals surface area contributed by atoms with Crippen molar-refractivity contribution in [3.63, 3.8) is 0 Å². The zero-order chi connectivity index (χ0) is 12.4. The van der Waals surface area contributed by atoms with Gasteiger partial charge in [-0.3, -0.25) is 4.79 Å². The van der Waals surface area contributed by atoms with E-state index in [0.29, 0.717) is 17.0 Å². The van der Waals surface area contributed by atoms with E-state index in [1.807, 2.05) is 11.8 Å². The number of nitrogens with one attached hydrogen (secondary N) is 1. The van der Waals surface area contributed by atoms with E-state index in [-0.39, 0.29) is 18.3 Å². The standard InChI is InChI=1S/C11H18N4OS.ClH/c1-4-9-10(17-14-13-9)11(16)15-5-7(2)12-8(3)6-15;/h7-8,12H,4-6H2,1-3H3;1H. The van der Waals surface area contributed by atoms with Gasteiger partial charge in [0.25, 0.3) is 5.91 Å². The third kappa shape index (κ3) is 3.18. The monoisotopic (exact) mass is 290 g/mol. The Morgan fingerprint density at radius 3 is 2.61 bits per heavy atom. The molecule has 2 heterocycles. The lowest BCUT2D eigenvalue weighted by atomic mass is 10.1. The molecule has 1 N–H and O–H groups in total. The van der Waals surface area contributed by atoms with Gasteiger partial charge in [0.05, 0.1) is 5.69 Å². The van der Waals surface area contributed by atoms with Crippen molar-refractivity contribution in [3.05, 3.63) is 10.6 Å². The normalized spacial score (nSPS) is 23.6. The van der Waals surface area contributed by atoms with Gasteiger partial charge in [0.15, 0.2) is 0 Å². The van der Waals surface area contributed by atoms with Gasteiger partial charge in [-0.05, 0) is 31.8 Å². The maximum atomic E-state index is 12.4. The quantitative estimate of drug-likeness (QED) is 0.893. The van der Waals surface area contributed by atoms with Crippen molar-refractivity contribution < 1.29 is 4.79 Å². The highest BCUT2D eigenvalue weighted by molar-refractivity contribution is 7.08. The molecule has 1 amide bonds. The molecule has 0 radical (unpaired) electrons. The summed E-state index contributed by atoms with van der Waals surface area (Å²) in [6.07, 6.45) is 0.759. The van der Waals surface area contributed by atoms with Gasteiger partial charge in [0, 0.05) is 25.2 Å². The highest BCUT2D eigenvalue weighted by atomic mass is 35.5. The van der Waals surface area contributed by atoms with E-state index in [2.05, 4.69) is 28.8 Å². The molecule has 102 valence electrons. The molecule has 2 atom stereocenters. The van der Waals surface area contributed by atoms with Crippen LogP contribution < -0.4 is 5.32 Å². The van der Waals surface area contributed by atoms with Gasteiger partial charge in [-0.2, -0.15) is 0 Å². The number of hydrogen-bond donors (Lipinski definition) is 1. The summed E-state index contributed by atoms with van der Waals surface area (Å²) in [7, 11) is 0. The SMILES string of the molecule is CCc1nnsc1C(=O)N1CC(C)NC(C)C1.Cl. The maximum absolute atomic E-state index is 12.4. The second kappa shape index (κ2) is 6.45. The van der Waals surface area contributed by atoms with E-state index < -0.39 is 0 Å². The molecule has 0 saturated carbocycles. The molecule has 7 heteroatoms. The van der Waals surface area contributed by atoms with Crippen molar-refractivity contribution in [1.29, 1.82) is 0 Å². The van der Waals surface area contributed by atoms with Crippen LogP contribution in [0.15, 0.2) is 0 Å². The number of carbonyl (C=O) groups excluding carboxylic acids is 1. The first kappa shape index (κ1) is 15.3. The van der Waals surface area contributed by atoms with Crippen molar-refractivity contribution in [2.45, 2.75) is 39.3 Å². The Balaban J connectivity index is 0.00000162. The van der Waals surface area contributed by atoms with Gasteiger partial charge in [-0.15, -0.1) is 17.5 Å². The number of piperazine rings is 1. The number of halogens is 1. The van der Waals surface area contributed by atoms with Crippen LogP contribution in [0.2, 0.25) is 0 Å². The molecule has 1 aromatic rings. The van der Waals surface area contributed by atoms with Crippen LogP contribution in [0, 0.1) is 0 Å². The summed E-state index contributed by atoms with van der Waals surface area (Å²) in [5.41, 5.74) is 0.818. The Morgan fingerprint density at radius 2 is 2.06 bits per heavy atom. The van der Waals surface area contributed by atoms with Crippen molar-refractivity contribution >= 4 is 29.8 Å². The van der Waals surface area contributed by atoms with Gasteiger partial charge in [0.1, 0.15) is 4.88 Å². The van der Waals surface area contributed by atoms with Crippen LogP contribution in [0.3, 0.4) is 0 Å². The number of nitrogens with zero attached hydrogens (tertiary/aromatic N) is 3. The molecule has 1 saturated heterocycles. The summed E-state index contributed by atoms with van der Waals surface area (Å²) in [6.45, 7) is 7.70. The first-order valence-corrected chi connectivity index (χ1v) is 6.75. The minimum atomic E-state index is 0. The van der Waals surface area contributed by atoms with Gasteiger partial charge in [0.2, 0.25) is 0 Å². The number of hydrogen-bond acceptors (Lipinski definition) is 5. The third-order valence-electron chi connectivity index (χ3n) is 2.93. The second-order valence-electron chi connectivity index (χ2n) is 4.58. The molecule has 18 heavy (non-hydrogen) atoms. The number of rotatable bonds is 2. The van der Waals surface area contributed by atoms with Crippen molar-refractivity contribution in [3.8, 4) is 0 Å². The highest BCUT2D eigenvalue weighted by Crippen LogP contribution is 2.16. The second-order valence-corrected chi connectivity index (χ2v) is 5.34. The molecular formula is C11H19ClN4OS. The smallest absolute Gasteiger partial charge is 0.267 e. The molecule has 5 nitrogen and oxygen atoms in total. The van der Waals surface area contributed by atoms with Gasteiger partial charge in [-0.1, -0.05) is 11.4 Å². The highest BCUT2D eigenvalue weighted by Gasteiger charge is 2.28. The third-order valence-corrected chi connectivity index (χ3v) is 3.69. The van der Waals surface area contributed by atoms with Crippen LogP contribution >= 0.6 is 23.9 Å². The summed E-state index contributed by atoms with van der Waals surface area (Å²) < 4.78 is 3.88. The minimum absolute atomic E-state index is 0.